The van der Waals surface area contributed by atoms with Crippen molar-refractivity contribution in [1.29, 1.82) is 0 Å². The summed E-state index contributed by atoms with van der Waals surface area (Å²) in [5.41, 5.74) is 1.42. The molecule has 1 heterocycles. The summed E-state index contributed by atoms with van der Waals surface area (Å²) in [5.74, 6) is -0.736. The summed E-state index contributed by atoms with van der Waals surface area (Å²) >= 11 is 1.28. The van der Waals surface area contributed by atoms with Crippen molar-refractivity contribution in [3.8, 4) is 10.6 Å². The maximum absolute atomic E-state index is 13.0. The first-order valence-corrected chi connectivity index (χ1v) is 8.29. The monoisotopic (exact) mass is 350 g/mol. The van der Waals surface area contributed by atoms with Crippen LogP contribution in [0.2, 0.25) is 0 Å². The minimum Gasteiger partial charge on any atom is -0.469 e. The van der Waals surface area contributed by atoms with Crippen LogP contribution in [0.25, 0.3) is 10.6 Å². The second-order valence-corrected chi connectivity index (χ2v) is 6.35. The van der Waals surface area contributed by atoms with Crippen LogP contribution in [0.3, 0.4) is 0 Å². The Morgan fingerprint density at radius 1 is 1.29 bits per heavy atom. The van der Waals surface area contributed by atoms with E-state index in [1.165, 1.54) is 30.6 Å². The number of thiazole rings is 1. The highest BCUT2D eigenvalue weighted by atomic mass is 32.1. The lowest BCUT2D eigenvalue weighted by Crippen LogP contribution is -2.28. The number of rotatable bonds is 6. The lowest BCUT2D eigenvalue weighted by Gasteiger charge is -2.15. The Morgan fingerprint density at radius 3 is 2.58 bits per heavy atom. The number of halogens is 1. The third-order valence-corrected chi connectivity index (χ3v) is 4.73. The molecule has 0 aliphatic heterocycles. The molecule has 0 radical (unpaired) electrons. The van der Waals surface area contributed by atoms with Crippen molar-refractivity contribution in [3.05, 3.63) is 40.7 Å². The van der Waals surface area contributed by atoms with E-state index in [1.54, 1.807) is 31.0 Å². The summed E-state index contributed by atoms with van der Waals surface area (Å²) in [7, 11) is 3.03. The summed E-state index contributed by atoms with van der Waals surface area (Å²) in [6.45, 7) is 2.23. The molecule has 128 valence electrons. The van der Waals surface area contributed by atoms with Crippen LogP contribution in [0.15, 0.2) is 24.3 Å². The zero-order valence-electron chi connectivity index (χ0n) is 13.8. The molecule has 0 atom stereocenters. The summed E-state index contributed by atoms with van der Waals surface area (Å²) < 4.78 is 17.6. The molecule has 0 aliphatic rings. The van der Waals surface area contributed by atoms with Gasteiger partial charge >= 0.3 is 5.97 Å². The van der Waals surface area contributed by atoms with Crippen molar-refractivity contribution >= 4 is 23.2 Å². The quantitative estimate of drug-likeness (QED) is 0.750. The third-order valence-electron chi connectivity index (χ3n) is 3.53. The van der Waals surface area contributed by atoms with Crippen LogP contribution in [0.4, 0.5) is 4.39 Å². The SMILES string of the molecule is COC(=O)CCCN(C)C(=O)c1sc(-c2ccc(F)cc2)nc1C. The largest absolute Gasteiger partial charge is 0.469 e. The van der Waals surface area contributed by atoms with Crippen LogP contribution in [0.1, 0.15) is 28.2 Å². The average molecular weight is 350 g/mol. The molecule has 0 bridgehead atoms. The summed E-state index contributed by atoms with van der Waals surface area (Å²) in [6, 6.07) is 6.02. The Bertz CT molecular complexity index is 728. The van der Waals surface area contributed by atoms with E-state index >= 15 is 0 Å². The summed E-state index contributed by atoms with van der Waals surface area (Å²) in [6.07, 6.45) is 0.814. The number of hydrogen-bond donors (Lipinski definition) is 0. The second kappa shape index (κ2) is 8.01. The fourth-order valence-corrected chi connectivity index (χ4v) is 3.21. The van der Waals surface area contributed by atoms with E-state index in [0.29, 0.717) is 28.5 Å². The van der Waals surface area contributed by atoms with Gasteiger partial charge in [-0.1, -0.05) is 0 Å². The van der Waals surface area contributed by atoms with Gasteiger partial charge < -0.3 is 9.64 Å². The highest BCUT2D eigenvalue weighted by molar-refractivity contribution is 7.17. The van der Waals surface area contributed by atoms with Crippen LogP contribution < -0.4 is 0 Å². The molecule has 24 heavy (non-hydrogen) atoms. The van der Waals surface area contributed by atoms with Gasteiger partial charge in [-0.3, -0.25) is 9.59 Å². The van der Waals surface area contributed by atoms with E-state index in [-0.39, 0.29) is 24.1 Å². The number of aryl methyl sites for hydroxylation is 1. The average Bonchev–Trinajstić information content (AvgIpc) is 2.96. The van der Waals surface area contributed by atoms with Crippen molar-refractivity contribution in [3.63, 3.8) is 0 Å². The predicted molar refractivity (Wildman–Crippen MR) is 90.5 cm³/mol. The van der Waals surface area contributed by atoms with Crippen LogP contribution >= 0.6 is 11.3 Å². The van der Waals surface area contributed by atoms with Crippen LogP contribution in [0.5, 0.6) is 0 Å². The molecule has 2 rings (SSSR count). The number of nitrogens with zero attached hydrogens (tertiary/aromatic N) is 2. The summed E-state index contributed by atoms with van der Waals surface area (Å²) in [5, 5.41) is 0.679. The van der Waals surface area contributed by atoms with E-state index in [2.05, 4.69) is 9.72 Å². The first-order chi connectivity index (χ1) is 11.4. The minimum absolute atomic E-state index is 0.136. The lowest BCUT2D eigenvalue weighted by atomic mass is 10.2. The Hall–Kier alpha value is -2.28. The number of carbonyl (C=O) groups is 2. The Labute approximate surface area is 144 Å². The first-order valence-electron chi connectivity index (χ1n) is 7.48. The lowest BCUT2D eigenvalue weighted by molar-refractivity contribution is -0.140. The van der Waals surface area contributed by atoms with Gasteiger partial charge in [0.25, 0.3) is 5.91 Å². The maximum atomic E-state index is 13.0. The Balaban J connectivity index is 2.07. The zero-order valence-corrected chi connectivity index (χ0v) is 14.7. The molecule has 0 unspecified atom stereocenters. The van der Waals surface area contributed by atoms with E-state index in [1.807, 2.05) is 0 Å². The topological polar surface area (TPSA) is 59.5 Å². The molecule has 1 aromatic carbocycles. The molecule has 0 N–H and O–H groups in total. The number of ether oxygens (including phenoxy) is 1. The Kier molecular flexibility index (Phi) is 6.03. The normalized spacial score (nSPS) is 10.5. The molecule has 0 aliphatic carbocycles. The molecule has 7 heteroatoms. The number of amides is 1. The standard InChI is InChI=1S/C17H19FN2O3S/c1-11-15(17(22)20(2)10-4-5-14(21)23-3)24-16(19-11)12-6-8-13(18)9-7-12/h6-9H,4-5,10H2,1-3H3. The van der Waals surface area contributed by atoms with E-state index in [9.17, 15) is 14.0 Å². The molecule has 1 aromatic heterocycles. The van der Waals surface area contributed by atoms with Gasteiger partial charge in [-0.25, -0.2) is 9.37 Å². The van der Waals surface area contributed by atoms with Crippen LogP contribution in [-0.2, 0) is 9.53 Å². The van der Waals surface area contributed by atoms with Crippen molar-refractivity contribution in [2.45, 2.75) is 19.8 Å². The molecule has 1 amide bonds. The number of hydrogen-bond acceptors (Lipinski definition) is 5. The van der Waals surface area contributed by atoms with E-state index in [0.717, 1.165) is 5.56 Å². The van der Waals surface area contributed by atoms with Crippen LogP contribution in [-0.4, -0.2) is 42.5 Å². The highest BCUT2D eigenvalue weighted by Gasteiger charge is 2.19. The van der Waals surface area contributed by atoms with Crippen molar-refractivity contribution < 1.29 is 18.7 Å². The first kappa shape index (κ1) is 18.1. The van der Waals surface area contributed by atoms with E-state index < -0.39 is 0 Å². The number of benzene rings is 1. The van der Waals surface area contributed by atoms with Gasteiger partial charge in [-0.2, -0.15) is 0 Å². The summed E-state index contributed by atoms with van der Waals surface area (Å²) in [4.78, 5) is 30.2. The Morgan fingerprint density at radius 2 is 1.96 bits per heavy atom. The molecule has 0 fully saturated rings. The number of methoxy groups -OCH3 is 1. The van der Waals surface area contributed by atoms with Gasteiger partial charge in [0.15, 0.2) is 0 Å². The van der Waals surface area contributed by atoms with E-state index in [4.69, 9.17) is 0 Å². The van der Waals surface area contributed by atoms with Gasteiger partial charge in [0.2, 0.25) is 0 Å². The van der Waals surface area contributed by atoms with Gasteiger partial charge in [0.1, 0.15) is 15.7 Å². The predicted octanol–water partition coefficient (Wildman–Crippen LogP) is 3.28. The molecule has 5 nitrogen and oxygen atoms in total. The molecule has 0 spiro atoms. The second-order valence-electron chi connectivity index (χ2n) is 5.35. The smallest absolute Gasteiger partial charge is 0.305 e. The molecule has 0 saturated carbocycles. The maximum Gasteiger partial charge on any atom is 0.305 e. The number of carbonyl (C=O) groups excluding carboxylic acids is 2. The van der Waals surface area contributed by atoms with Crippen molar-refractivity contribution in [2.24, 2.45) is 0 Å². The molecule has 2 aromatic rings. The zero-order chi connectivity index (χ0) is 17.7. The molecular weight excluding hydrogens is 331 g/mol. The fraction of sp³-hybridized carbons (Fsp3) is 0.353. The number of esters is 1. The van der Waals surface area contributed by atoms with Gasteiger partial charge in [0.05, 0.1) is 12.8 Å². The molecular formula is C17H19FN2O3S. The van der Waals surface area contributed by atoms with Crippen molar-refractivity contribution in [2.75, 3.05) is 20.7 Å². The minimum atomic E-state index is -0.311. The van der Waals surface area contributed by atoms with Crippen LogP contribution in [0, 0.1) is 12.7 Å². The van der Waals surface area contributed by atoms with Gasteiger partial charge in [-0.05, 0) is 37.6 Å². The third kappa shape index (κ3) is 4.38. The molecule has 0 saturated heterocycles. The fourth-order valence-electron chi connectivity index (χ4n) is 2.15. The number of aromatic nitrogens is 1. The van der Waals surface area contributed by atoms with Gasteiger partial charge in [-0.15, -0.1) is 11.3 Å². The highest BCUT2D eigenvalue weighted by Crippen LogP contribution is 2.28. The van der Waals surface area contributed by atoms with Crippen molar-refractivity contribution in [1.82, 2.24) is 9.88 Å². The van der Waals surface area contributed by atoms with Gasteiger partial charge in [0, 0.05) is 25.6 Å².